The van der Waals surface area contributed by atoms with Gasteiger partial charge in [-0.1, -0.05) is 23.7 Å². The van der Waals surface area contributed by atoms with Crippen LogP contribution in [0, 0.1) is 10.1 Å². The van der Waals surface area contributed by atoms with Gasteiger partial charge in [0.2, 0.25) is 5.91 Å². The van der Waals surface area contributed by atoms with Gasteiger partial charge in [-0.05, 0) is 69.5 Å². The van der Waals surface area contributed by atoms with Crippen molar-refractivity contribution in [3.63, 3.8) is 0 Å². The first-order valence-corrected chi connectivity index (χ1v) is 12.5. The van der Waals surface area contributed by atoms with Gasteiger partial charge in [-0.3, -0.25) is 19.7 Å². The monoisotopic (exact) mass is 614 g/mol. The van der Waals surface area contributed by atoms with Crippen LogP contribution in [0.25, 0.3) is 6.08 Å². The van der Waals surface area contributed by atoms with E-state index in [1.165, 1.54) is 25.3 Å². The third-order valence-electron chi connectivity index (χ3n) is 5.51. The maximum atomic E-state index is 12.9. The second-order valence-electron chi connectivity index (χ2n) is 8.15. The molecular weight excluding hydrogens is 596 g/mol. The number of anilines is 1. The molecule has 1 saturated heterocycles. The number of amides is 4. The number of nitro groups is 1. The highest BCUT2D eigenvalue weighted by Gasteiger charge is 2.35. The number of ether oxygens (including phenoxy) is 2. The van der Waals surface area contributed by atoms with Crippen molar-refractivity contribution < 1.29 is 28.8 Å². The summed E-state index contributed by atoms with van der Waals surface area (Å²) in [4.78, 5) is 48.9. The fraction of sp³-hybridized carbons (Fsp3) is 0.115. The first-order valence-electron chi connectivity index (χ1n) is 11.3. The molecule has 39 heavy (non-hydrogen) atoms. The van der Waals surface area contributed by atoms with E-state index in [0.29, 0.717) is 32.8 Å². The van der Waals surface area contributed by atoms with Crippen LogP contribution < -0.4 is 20.1 Å². The van der Waals surface area contributed by atoms with E-state index < -0.39 is 29.3 Å². The molecular formula is C26H20BrClN4O7. The first-order chi connectivity index (χ1) is 18.7. The highest BCUT2D eigenvalue weighted by atomic mass is 79.9. The van der Waals surface area contributed by atoms with E-state index in [9.17, 15) is 24.5 Å². The maximum absolute atomic E-state index is 12.9. The van der Waals surface area contributed by atoms with Crippen molar-refractivity contribution in [2.24, 2.45) is 0 Å². The lowest BCUT2D eigenvalue weighted by Gasteiger charge is -2.13. The van der Waals surface area contributed by atoms with Crippen LogP contribution in [-0.2, 0) is 16.2 Å². The van der Waals surface area contributed by atoms with Crippen molar-refractivity contribution >= 4 is 62.8 Å². The molecule has 0 bridgehead atoms. The van der Waals surface area contributed by atoms with Gasteiger partial charge in [0.15, 0.2) is 5.75 Å². The van der Waals surface area contributed by atoms with Crippen LogP contribution in [0.3, 0.4) is 0 Å². The van der Waals surface area contributed by atoms with E-state index in [-0.39, 0.29) is 23.0 Å². The second-order valence-corrected chi connectivity index (χ2v) is 9.42. The zero-order valence-electron chi connectivity index (χ0n) is 20.3. The number of carbonyl (C=O) groups excluding carboxylic acids is 3. The molecule has 3 aromatic carbocycles. The predicted octanol–water partition coefficient (Wildman–Crippen LogP) is 5.13. The number of nitro benzene ring substituents is 1. The quantitative estimate of drug-likeness (QED) is 0.147. The molecule has 0 atom stereocenters. The van der Waals surface area contributed by atoms with Gasteiger partial charge in [0, 0.05) is 12.1 Å². The molecule has 4 rings (SSSR count). The van der Waals surface area contributed by atoms with Gasteiger partial charge in [-0.15, -0.1) is 0 Å². The number of carbonyl (C=O) groups is 3. The average molecular weight is 616 g/mol. The molecule has 11 nitrogen and oxygen atoms in total. The number of benzene rings is 3. The number of nitrogens with zero attached hydrogens (tertiary/aromatic N) is 2. The zero-order chi connectivity index (χ0) is 28.1. The van der Waals surface area contributed by atoms with Crippen LogP contribution in [0.5, 0.6) is 11.5 Å². The Morgan fingerprint density at radius 2 is 1.90 bits per heavy atom. The van der Waals surface area contributed by atoms with Crippen LogP contribution in [0.15, 0.2) is 70.8 Å². The number of halogens is 2. The summed E-state index contributed by atoms with van der Waals surface area (Å²) in [6.45, 7) is -0.392. The molecule has 0 radical (unpaired) electrons. The SMILES string of the molecule is COc1ccccc1NC(=O)CN1C(=O)N/C(=C/c2cc(Cl)c(OCc3ccc([N+](=O)[O-])cc3)c(Br)c2)C1=O. The number of imide groups is 1. The van der Waals surface area contributed by atoms with Crippen molar-refractivity contribution in [2.45, 2.75) is 6.61 Å². The van der Waals surface area contributed by atoms with Crippen LogP contribution in [0.4, 0.5) is 16.2 Å². The first kappa shape index (κ1) is 27.6. The number of nitrogens with one attached hydrogen (secondary N) is 2. The number of rotatable bonds is 9. The third-order valence-corrected chi connectivity index (χ3v) is 6.38. The molecule has 0 unspecified atom stereocenters. The summed E-state index contributed by atoms with van der Waals surface area (Å²) in [5.74, 6) is -0.495. The molecule has 0 saturated carbocycles. The summed E-state index contributed by atoms with van der Waals surface area (Å²) in [7, 11) is 1.46. The normalized spacial score (nSPS) is 13.8. The van der Waals surface area contributed by atoms with Gasteiger partial charge in [0.1, 0.15) is 24.6 Å². The number of hydrogen-bond acceptors (Lipinski definition) is 7. The van der Waals surface area contributed by atoms with Crippen molar-refractivity contribution in [1.82, 2.24) is 10.2 Å². The lowest BCUT2D eigenvalue weighted by atomic mass is 10.1. The van der Waals surface area contributed by atoms with Gasteiger partial charge in [-0.2, -0.15) is 0 Å². The molecule has 0 spiro atoms. The number of para-hydroxylation sites is 2. The Labute approximate surface area is 235 Å². The Balaban J connectivity index is 1.43. The van der Waals surface area contributed by atoms with Crippen LogP contribution >= 0.6 is 27.5 Å². The van der Waals surface area contributed by atoms with Crippen molar-refractivity contribution in [2.75, 3.05) is 19.0 Å². The molecule has 1 aliphatic rings. The topological polar surface area (TPSA) is 140 Å². The largest absolute Gasteiger partial charge is 0.495 e. The van der Waals surface area contributed by atoms with E-state index in [1.807, 2.05) is 0 Å². The lowest BCUT2D eigenvalue weighted by Crippen LogP contribution is -2.38. The summed E-state index contributed by atoms with van der Waals surface area (Å²) in [5.41, 5.74) is 1.53. The standard InChI is InChI=1S/C26H20BrClN4O7/c1-38-22-5-3-2-4-20(22)29-23(33)13-31-25(34)21(30-26(31)35)12-16-10-18(27)24(19(28)11-16)39-14-15-6-8-17(9-7-15)32(36)37/h2-12H,13-14H2,1H3,(H,29,33)(H,30,35)/b21-12+. The number of urea groups is 1. The number of non-ortho nitro benzene ring substituents is 1. The van der Waals surface area contributed by atoms with Crippen LogP contribution in [0.1, 0.15) is 11.1 Å². The van der Waals surface area contributed by atoms with E-state index in [1.54, 1.807) is 48.5 Å². The minimum Gasteiger partial charge on any atom is -0.495 e. The lowest BCUT2D eigenvalue weighted by molar-refractivity contribution is -0.384. The van der Waals surface area contributed by atoms with Crippen molar-refractivity contribution in [3.05, 3.63) is 97.1 Å². The number of methoxy groups -OCH3 is 1. The summed E-state index contributed by atoms with van der Waals surface area (Å²) >= 11 is 9.79. The highest BCUT2D eigenvalue weighted by Crippen LogP contribution is 2.36. The van der Waals surface area contributed by atoms with E-state index in [0.717, 1.165) is 4.90 Å². The fourth-order valence-corrected chi connectivity index (χ4v) is 4.62. The smallest absolute Gasteiger partial charge is 0.329 e. The van der Waals surface area contributed by atoms with E-state index >= 15 is 0 Å². The molecule has 13 heteroatoms. The molecule has 1 heterocycles. The molecule has 3 aromatic rings. The van der Waals surface area contributed by atoms with Gasteiger partial charge in [0.25, 0.3) is 11.6 Å². The van der Waals surface area contributed by atoms with Crippen molar-refractivity contribution in [3.8, 4) is 11.5 Å². The van der Waals surface area contributed by atoms with Crippen LogP contribution in [-0.4, -0.2) is 41.3 Å². The summed E-state index contributed by atoms with van der Waals surface area (Å²) in [6.07, 6.45) is 1.43. The maximum Gasteiger partial charge on any atom is 0.329 e. The molecule has 0 aromatic heterocycles. The van der Waals surface area contributed by atoms with Gasteiger partial charge < -0.3 is 20.1 Å². The summed E-state index contributed by atoms with van der Waals surface area (Å²) in [5, 5.41) is 16.1. The molecule has 4 amide bonds. The minimum atomic E-state index is -0.741. The molecule has 1 aliphatic heterocycles. The number of hydrogen-bond donors (Lipinski definition) is 2. The molecule has 2 N–H and O–H groups in total. The Bertz CT molecular complexity index is 1470. The highest BCUT2D eigenvalue weighted by molar-refractivity contribution is 9.10. The summed E-state index contributed by atoms with van der Waals surface area (Å²) in [6, 6.07) is 15.1. The average Bonchev–Trinajstić information content (AvgIpc) is 3.15. The predicted molar refractivity (Wildman–Crippen MR) is 146 cm³/mol. The Morgan fingerprint density at radius 1 is 1.18 bits per heavy atom. The van der Waals surface area contributed by atoms with Gasteiger partial charge in [-0.25, -0.2) is 9.69 Å². The second kappa shape index (κ2) is 12.0. The molecule has 200 valence electrons. The molecule has 1 fully saturated rings. The zero-order valence-corrected chi connectivity index (χ0v) is 22.6. The Hall–Kier alpha value is -4.42. The van der Waals surface area contributed by atoms with Gasteiger partial charge >= 0.3 is 6.03 Å². The third kappa shape index (κ3) is 6.54. The van der Waals surface area contributed by atoms with Crippen molar-refractivity contribution in [1.29, 1.82) is 0 Å². The minimum absolute atomic E-state index is 0.0282. The van der Waals surface area contributed by atoms with E-state index in [2.05, 4.69) is 26.6 Å². The fourth-order valence-electron chi connectivity index (χ4n) is 3.63. The van der Waals surface area contributed by atoms with E-state index in [4.69, 9.17) is 21.1 Å². The summed E-state index contributed by atoms with van der Waals surface area (Å²) < 4.78 is 11.4. The van der Waals surface area contributed by atoms with Crippen LogP contribution in [0.2, 0.25) is 5.02 Å². The Morgan fingerprint density at radius 3 is 2.56 bits per heavy atom. The Kier molecular flexibility index (Phi) is 8.47. The molecule has 0 aliphatic carbocycles. The van der Waals surface area contributed by atoms with Gasteiger partial charge in [0.05, 0.1) is 27.2 Å².